The van der Waals surface area contributed by atoms with Crippen LogP contribution in [0.15, 0.2) is 36.7 Å². The zero-order valence-corrected chi connectivity index (χ0v) is 22.3. The van der Waals surface area contributed by atoms with Gasteiger partial charge in [-0.1, -0.05) is 6.07 Å². The second kappa shape index (κ2) is 9.55. The molecule has 2 aliphatic carbocycles. The zero-order chi connectivity index (χ0) is 28.5. The minimum atomic E-state index is -1.39. The van der Waals surface area contributed by atoms with Crippen molar-refractivity contribution in [1.29, 1.82) is 0 Å². The molecule has 4 aliphatic rings. The van der Waals surface area contributed by atoms with Gasteiger partial charge in [-0.15, -0.1) is 0 Å². The molecule has 4 atom stereocenters. The summed E-state index contributed by atoms with van der Waals surface area (Å²) in [6.07, 6.45) is 3.79. The molecule has 2 aliphatic heterocycles. The van der Waals surface area contributed by atoms with Crippen LogP contribution in [0.2, 0.25) is 0 Å². The summed E-state index contributed by atoms with van der Waals surface area (Å²) in [6, 6.07) is 6.15. The summed E-state index contributed by atoms with van der Waals surface area (Å²) in [4.78, 5) is 43.1. The van der Waals surface area contributed by atoms with Gasteiger partial charge in [0.05, 0.1) is 35.9 Å². The van der Waals surface area contributed by atoms with Crippen LogP contribution < -0.4 is 11.1 Å². The molecule has 7 rings (SSSR count). The van der Waals surface area contributed by atoms with Gasteiger partial charge < -0.3 is 26.0 Å². The largest absolute Gasteiger partial charge is 0.373 e. The van der Waals surface area contributed by atoms with Crippen molar-refractivity contribution >= 4 is 28.6 Å². The summed E-state index contributed by atoms with van der Waals surface area (Å²) in [7, 11) is 0. The number of hydrogen-bond acceptors (Lipinski definition) is 8. The number of nitrogens with one attached hydrogen (secondary N) is 1. The Morgan fingerprint density at radius 2 is 1.98 bits per heavy atom. The van der Waals surface area contributed by atoms with Crippen LogP contribution >= 0.6 is 0 Å². The molecule has 1 spiro atoms. The minimum absolute atomic E-state index is 0.104. The molecule has 3 amide bonds. The van der Waals surface area contributed by atoms with Gasteiger partial charge in [-0.25, -0.2) is 4.39 Å². The number of likely N-dealkylation sites (tertiary alicyclic amines) is 2. The van der Waals surface area contributed by atoms with Crippen molar-refractivity contribution in [2.45, 2.75) is 69.2 Å². The molecule has 4 fully saturated rings. The van der Waals surface area contributed by atoms with E-state index < -0.39 is 35.7 Å². The molecule has 13 heteroatoms. The maximum absolute atomic E-state index is 14.7. The number of carbonyl (C=O) groups is 3. The molecule has 2 aromatic heterocycles. The van der Waals surface area contributed by atoms with E-state index >= 15 is 0 Å². The van der Waals surface area contributed by atoms with Gasteiger partial charge in [0.15, 0.2) is 0 Å². The second-order valence-electron chi connectivity index (χ2n) is 11.7. The number of alkyl halides is 1. The number of benzene rings is 1. The maximum Gasteiger partial charge on any atom is 0.245 e. The van der Waals surface area contributed by atoms with Crippen molar-refractivity contribution in [3.05, 3.63) is 42.4 Å². The lowest BCUT2D eigenvalue weighted by molar-refractivity contribution is -0.139. The van der Waals surface area contributed by atoms with E-state index in [2.05, 4.69) is 20.6 Å². The van der Waals surface area contributed by atoms with Crippen LogP contribution in [0.3, 0.4) is 0 Å². The SMILES string of the molecule is NC(O)c1nn(CC(=O)N2CC(F)CC2C(=O)NC2CN(C3CC3)C(=O)C23CC3)c2ccc(-c3ccnnc3)cc12. The minimum Gasteiger partial charge on any atom is -0.373 e. The Morgan fingerprint density at radius 3 is 2.66 bits per heavy atom. The monoisotopic (exact) mass is 562 g/mol. The topological polar surface area (TPSA) is 160 Å². The van der Waals surface area contributed by atoms with Gasteiger partial charge in [-0.05, 0) is 49.4 Å². The molecule has 2 saturated heterocycles. The van der Waals surface area contributed by atoms with Crippen LogP contribution in [-0.4, -0.2) is 90.0 Å². The normalized spacial score (nSPS) is 25.7. The van der Waals surface area contributed by atoms with Crippen molar-refractivity contribution in [1.82, 2.24) is 35.1 Å². The van der Waals surface area contributed by atoms with Crippen LogP contribution in [0.25, 0.3) is 22.0 Å². The van der Waals surface area contributed by atoms with Gasteiger partial charge in [0, 0.05) is 30.0 Å². The Labute approximate surface area is 234 Å². The Hall–Kier alpha value is -3.97. The van der Waals surface area contributed by atoms with Crippen molar-refractivity contribution in [2.75, 3.05) is 13.1 Å². The van der Waals surface area contributed by atoms with E-state index in [9.17, 15) is 23.9 Å². The quantitative estimate of drug-likeness (QED) is 0.354. The number of aromatic nitrogens is 4. The van der Waals surface area contributed by atoms with Crippen LogP contribution in [0.1, 0.15) is 44.0 Å². The summed E-state index contributed by atoms with van der Waals surface area (Å²) in [5, 5.41) is 25.9. The number of aliphatic hydroxyl groups excluding tert-OH is 1. The summed E-state index contributed by atoms with van der Waals surface area (Å²) >= 11 is 0. The molecule has 1 aromatic carbocycles. The molecule has 4 heterocycles. The number of fused-ring (bicyclic) bond motifs is 1. The highest BCUT2D eigenvalue weighted by molar-refractivity contribution is 5.93. The van der Waals surface area contributed by atoms with Crippen LogP contribution in [-0.2, 0) is 20.9 Å². The molecule has 12 nitrogen and oxygen atoms in total. The maximum atomic E-state index is 14.7. The fourth-order valence-electron chi connectivity index (χ4n) is 6.45. The van der Waals surface area contributed by atoms with Crippen LogP contribution in [0.5, 0.6) is 0 Å². The van der Waals surface area contributed by atoms with Gasteiger partial charge in [0.25, 0.3) is 0 Å². The van der Waals surface area contributed by atoms with Crippen molar-refractivity contribution in [3.8, 4) is 11.1 Å². The van der Waals surface area contributed by atoms with Crippen LogP contribution in [0.4, 0.5) is 4.39 Å². The van der Waals surface area contributed by atoms with Gasteiger partial charge >= 0.3 is 0 Å². The predicted octanol–water partition coefficient (Wildman–Crippen LogP) is 0.652. The Kier molecular flexibility index (Phi) is 6.05. The Morgan fingerprint density at radius 1 is 1.17 bits per heavy atom. The van der Waals surface area contributed by atoms with Gasteiger partial charge in [0.1, 0.15) is 30.7 Å². The van der Waals surface area contributed by atoms with Crippen molar-refractivity contribution < 1.29 is 23.9 Å². The van der Waals surface area contributed by atoms with E-state index in [-0.39, 0.29) is 43.2 Å². The first-order valence-electron chi connectivity index (χ1n) is 14.0. The highest BCUT2D eigenvalue weighted by Crippen LogP contribution is 2.55. The number of aliphatic hydroxyl groups is 1. The van der Waals surface area contributed by atoms with E-state index in [1.165, 1.54) is 9.58 Å². The van der Waals surface area contributed by atoms with Crippen LogP contribution in [0, 0.1) is 5.41 Å². The fraction of sp³-hybridized carbons (Fsp3) is 0.500. The third kappa shape index (κ3) is 4.43. The number of halogens is 1. The number of amides is 3. The lowest BCUT2D eigenvalue weighted by Crippen LogP contribution is -2.51. The van der Waals surface area contributed by atoms with E-state index in [0.717, 1.165) is 36.8 Å². The molecule has 4 N–H and O–H groups in total. The highest BCUT2D eigenvalue weighted by Gasteiger charge is 2.64. The first-order chi connectivity index (χ1) is 19.7. The zero-order valence-electron chi connectivity index (χ0n) is 22.3. The van der Waals surface area contributed by atoms with Gasteiger partial charge in [0.2, 0.25) is 17.7 Å². The molecule has 2 saturated carbocycles. The number of nitrogens with zero attached hydrogens (tertiary/aromatic N) is 6. The van der Waals surface area contributed by atoms with Gasteiger partial charge in [-0.2, -0.15) is 15.3 Å². The van der Waals surface area contributed by atoms with Crippen molar-refractivity contribution in [2.24, 2.45) is 11.1 Å². The number of hydrogen-bond donors (Lipinski definition) is 3. The number of nitrogens with two attached hydrogens (primary N) is 1. The summed E-state index contributed by atoms with van der Waals surface area (Å²) in [6.45, 7) is -0.00220. The number of carbonyl (C=O) groups excluding carboxylic acids is 3. The van der Waals surface area contributed by atoms with E-state index in [1.54, 1.807) is 30.6 Å². The average molecular weight is 563 g/mol. The smallest absolute Gasteiger partial charge is 0.245 e. The lowest BCUT2D eigenvalue weighted by atomic mass is 9.99. The third-order valence-corrected chi connectivity index (χ3v) is 8.96. The standard InChI is InChI=1S/C28H31FN8O4/c29-17-10-21(26(40)33-22-13-35(18-2-3-18)27(41)28(22)6-7-28)36(12-17)23(38)14-37-20-4-1-15(16-5-8-31-32-11-16)9-19(20)24(34-37)25(30)39/h1,4-5,8-9,11,17-18,21-22,25,39H,2-3,6-7,10,12-14,30H2,(H,33,40). The fourth-order valence-corrected chi connectivity index (χ4v) is 6.45. The summed E-state index contributed by atoms with van der Waals surface area (Å²) in [5.74, 6) is -0.794. The Balaban J connectivity index is 1.11. The molecule has 4 unspecified atom stereocenters. The predicted molar refractivity (Wildman–Crippen MR) is 143 cm³/mol. The molecule has 3 aromatic rings. The molecule has 41 heavy (non-hydrogen) atoms. The molecule has 0 bridgehead atoms. The lowest BCUT2D eigenvalue weighted by Gasteiger charge is -2.26. The number of rotatable bonds is 7. The first kappa shape index (κ1) is 26.0. The van der Waals surface area contributed by atoms with E-state index in [1.807, 2.05) is 11.0 Å². The van der Waals surface area contributed by atoms with E-state index in [0.29, 0.717) is 17.4 Å². The molecular weight excluding hydrogens is 531 g/mol. The molecular formula is C28H31FN8O4. The summed E-state index contributed by atoms with van der Waals surface area (Å²) in [5.41, 5.74) is 7.61. The average Bonchev–Trinajstić information content (AvgIpc) is 3.88. The van der Waals surface area contributed by atoms with E-state index in [4.69, 9.17) is 5.73 Å². The highest BCUT2D eigenvalue weighted by atomic mass is 19.1. The first-order valence-corrected chi connectivity index (χ1v) is 14.0. The van der Waals surface area contributed by atoms with Gasteiger partial charge in [-0.3, -0.25) is 19.1 Å². The second-order valence-corrected chi connectivity index (χ2v) is 11.7. The summed E-state index contributed by atoms with van der Waals surface area (Å²) < 4.78 is 16.1. The molecule has 0 radical (unpaired) electrons. The van der Waals surface area contributed by atoms with Crippen molar-refractivity contribution in [3.63, 3.8) is 0 Å². The third-order valence-electron chi connectivity index (χ3n) is 8.96. The molecule has 214 valence electrons. The Bertz CT molecular complexity index is 1540.